The monoisotopic (exact) mass is 400 g/mol. The van der Waals surface area contributed by atoms with Gasteiger partial charge in [-0.15, -0.1) is 0 Å². The molecule has 0 heterocycles. The molecule has 4 aliphatic carbocycles. The molecule has 166 valence electrons. The molecule has 29 heavy (non-hydrogen) atoms. The Hall–Kier alpha value is -0.300. The molecular weight excluding hydrogens is 352 g/mol. The number of fused-ring (bicyclic) bond motifs is 5. The number of hydrogen-bond acceptors (Lipinski definition) is 1. The number of allylic oxidation sites excluding steroid dienone is 1. The topological polar surface area (TPSA) is 9.23 Å². The fourth-order valence-electron chi connectivity index (χ4n) is 8.58. The van der Waals surface area contributed by atoms with E-state index < -0.39 is 0 Å². The van der Waals surface area contributed by atoms with Gasteiger partial charge in [0.1, 0.15) is 0 Å². The van der Waals surface area contributed by atoms with Crippen molar-refractivity contribution in [3.05, 3.63) is 11.6 Å². The minimum atomic E-state index is 0.480. The highest BCUT2D eigenvalue weighted by Crippen LogP contribution is 2.66. The summed E-state index contributed by atoms with van der Waals surface area (Å²) < 4.78 is 5.75. The predicted molar refractivity (Wildman–Crippen MR) is 124 cm³/mol. The summed E-state index contributed by atoms with van der Waals surface area (Å²) in [6.07, 6.45) is 24.7. The van der Waals surface area contributed by atoms with E-state index in [1.807, 2.05) is 7.11 Å². The van der Waals surface area contributed by atoms with Crippen molar-refractivity contribution in [1.82, 2.24) is 0 Å². The average Bonchev–Trinajstić information content (AvgIpc) is 3.06. The molecule has 1 nitrogen and oxygen atoms in total. The summed E-state index contributed by atoms with van der Waals surface area (Å²) in [5.74, 6) is 3.94. The summed E-state index contributed by atoms with van der Waals surface area (Å²) in [7, 11) is 1.91. The van der Waals surface area contributed by atoms with Gasteiger partial charge in [0, 0.05) is 7.11 Å². The van der Waals surface area contributed by atoms with Crippen molar-refractivity contribution >= 4 is 0 Å². The van der Waals surface area contributed by atoms with E-state index in [2.05, 4.69) is 26.8 Å². The van der Waals surface area contributed by atoms with Crippen LogP contribution in [0.2, 0.25) is 0 Å². The molecule has 0 aliphatic heterocycles. The quantitative estimate of drug-likeness (QED) is 0.294. The van der Waals surface area contributed by atoms with Gasteiger partial charge < -0.3 is 4.74 Å². The lowest BCUT2D eigenvalue weighted by molar-refractivity contribution is -0.0542. The summed E-state index contributed by atoms with van der Waals surface area (Å²) in [5.41, 5.74) is 2.90. The Labute approximate surface area is 181 Å². The van der Waals surface area contributed by atoms with Gasteiger partial charge in [-0.2, -0.15) is 0 Å². The fourth-order valence-corrected chi connectivity index (χ4v) is 8.58. The van der Waals surface area contributed by atoms with E-state index in [1.54, 1.807) is 5.57 Å². The van der Waals surface area contributed by atoms with Crippen LogP contribution in [0.5, 0.6) is 0 Å². The van der Waals surface area contributed by atoms with Crippen molar-refractivity contribution in [2.75, 3.05) is 7.11 Å². The van der Waals surface area contributed by atoms with Crippen LogP contribution in [-0.2, 0) is 4.74 Å². The van der Waals surface area contributed by atoms with Gasteiger partial charge in [0.15, 0.2) is 0 Å². The molecule has 3 saturated carbocycles. The van der Waals surface area contributed by atoms with E-state index in [1.165, 1.54) is 96.3 Å². The van der Waals surface area contributed by atoms with Gasteiger partial charge in [0.25, 0.3) is 0 Å². The van der Waals surface area contributed by atoms with E-state index in [0.29, 0.717) is 16.9 Å². The number of methoxy groups -OCH3 is 1. The van der Waals surface area contributed by atoms with Crippen LogP contribution in [0.15, 0.2) is 11.6 Å². The smallest absolute Gasteiger partial charge is 0.0608 e. The van der Waals surface area contributed by atoms with Crippen LogP contribution in [0.25, 0.3) is 0 Å². The first kappa shape index (κ1) is 21.9. The summed E-state index contributed by atoms with van der Waals surface area (Å²) in [6, 6.07) is 0. The Bertz CT molecular complexity index is 579. The molecule has 1 heteroatoms. The molecule has 3 fully saturated rings. The molecule has 0 aromatic heterocycles. The Morgan fingerprint density at radius 1 is 0.931 bits per heavy atom. The molecule has 0 aromatic rings. The maximum Gasteiger partial charge on any atom is 0.0608 e. The molecule has 6 unspecified atom stereocenters. The standard InChI is InChI=1S/C28H48O/c1-5-6-7-8-9-10-11-21-13-15-25-24-14-12-22-20-23(29-4)16-18-28(22,3)26(24)17-19-27(21,25)2/h12,21,23-26H,5-11,13-20H2,1-4H3/t21?,23-,24?,25?,26?,27?,28?/m0/s1. The average molecular weight is 401 g/mol. The highest BCUT2D eigenvalue weighted by Gasteiger charge is 2.58. The summed E-state index contributed by atoms with van der Waals surface area (Å²) in [4.78, 5) is 0. The fraction of sp³-hybridized carbons (Fsp3) is 0.929. The van der Waals surface area contributed by atoms with Gasteiger partial charge in [-0.05, 0) is 92.3 Å². The minimum Gasteiger partial charge on any atom is -0.381 e. The van der Waals surface area contributed by atoms with Crippen molar-refractivity contribution in [3.8, 4) is 0 Å². The zero-order valence-electron chi connectivity index (χ0n) is 20.0. The molecule has 0 saturated heterocycles. The lowest BCUT2D eigenvalue weighted by atomic mass is 9.47. The molecule has 4 rings (SSSR count). The van der Waals surface area contributed by atoms with Crippen molar-refractivity contribution in [2.45, 2.75) is 123 Å². The van der Waals surface area contributed by atoms with E-state index in [0.717, 1.165) is 23.7 Å². The SMILES string of the molecule is CCCCCCCCC1CCC2C3CC=C4C[C@@H](OC)CCC4(C)C3CCC12C. The Kier molecular flexibility index (Phi) is 6.84. The zero-order chi connectivity index (χ0) is 20.5. The molecule has 7 atom stereocenters. The van der Waals surface area contributed by atoms with Crippen LogP contribution in [-0.4, -0.2) is 13.2 Å². The summed E-state index contributed by atoms with van der Waals surface area (Å²) >= 11 is 0. The van der Waals surface area contributed by atoms with Crippen molar-refractivity contribution in [1.29, 1.82) is 0 Å². The van der Waals surface area contributed by atoms with E-state index in [9.17, 15) is 0 Å². The molecule has 0 spiro atoms. The van der Waals surface area contributed by atoms with E-state index >= 15 is 0 Å². The molecule has 0 aromatic carbocycles. The first-order valence-electron chi connectivity index (χ1n) is 13.2. The second kappa shape index (κ2) is 9.05. The molecule has 0 amide bonds. The minimum absolute atomic E-state index is 0.480. The Balaban J connectivity index is 1.39. The maximum atomic E-state index is 5.75. The van der Waals surface area contributed by atoms with Gasteiger partial charge in [-0.1, -0.05) is 70.9 Å². The van der Waals surface area contributed by atoms with E-state index in [-0.39, 0.29) is 0 Å². The van der Waals surface area contributed by atoms with Crippen molar-refractivity contribution in [3.63, 3.8) is 0 Å². The summed E-state index contributed by atoms with van der Waals surface area (Å²) in [6.45, 7) is 7.67. The third-order valence-corrected chi connectivity index (χ3v) is 10.5. The number of unbranched alkanes of at least 4 members (excludes halogenated alkanes) is 5. The third-order valence-electron chi connectivity index (χ3n) is 10.5. The number of hydrogen-bond donors (Lipinski definition) is 0. The first-order valence-corrected chi connectivity index (χ1v) is 13.2. The van der Waals surface area contributed by atoms with E-state index in [4.69, 9.17) is 4.74 Å². The van der Waals surface area contributed by atoms with Gasteiger partial charge in [0.2, 0.25) is 0 Å². The molecule has 4 aliphatic rings. The van der Waals surface area contributed by atoms with Crippen LogP contribution >= 0.6 is 0 Å². The summed E-state index contributed by atoms with van der Waals surface area (Å²) in [5, 5.41) is 0. The van der Waals surface area contributed by atoms with Crippen molar-refractivity contribution < 1.29 is 4.74 Å². The zero-order valence-corrected chi connectivity index (χ0v) is 20.0. The highest BCUT2D eigenvalue weighted by molar-refractivity contribution is 5.25. The molecule has 0 bridgehead atoms. The number of ether oxygens (including phenoxy) is 1. The van der Waals surface area contributed by atoms with Crippen LogP contribution in [0.4, 0.5) is 0 Å². The predicted octanol–water partition coefficient (Wildman–Crippen LogP) is 8.33. The molecule has 0 radical (unpaired) electrons. The second-order valence-electron chi connectivity index (χ2n) is 11.7. The van der Waals surface area contributed by atoms with Gasteiger partial charge in [-0.3, -0.25) is 0 Å². The van der Waals surface area contributed by atoms with Gasteiger partial charge in [0.05, 0.1) is 6.10 Å². The van der Waals surface area contributed by atoms with Crippen LogP contribution < -0.4 is 0 Å². The number of rotatable bonds is 8. The van der Waals surface area contributed by atoms with Crippen LogP contribution in [0.1, 0.15) is 117 Å². The molecular formula is C28H48O. The van der Waals surface area contributed by atoms with Crippen LogP contribution in [0, 0.1) is 34.5 Å². The molecule has 0 N–H and O–H groups in total. The lowest BCUT2D eigenvalue weighted by Gasteiger charge is -2.58. The van der Waals surface area contributed by atoms with Crippen LogP contribution in [0.3, 0.4) is 0 Å². The lowest BCUT2D eigenvalue weighted by Crippen LogP contribution is -2.50. The Morgan fingerprint density at radius 3 is 2.52 bits per heavy atom. The highest BCUT2D eigenvalue weighted by atomic mass is 16.5. The third kappa shape index (κ3) is 3.99. The second-order valence-corrected chi connectivity index (χ2v) is 11.7. The maximum absolute atomic E-state index is 5.75. The van der Waals surface area contributed by atoms with Gasteiger partial charge in [-0.25, -0.2) is 0 Å². The van der Waals surface area contributed by atoms with Crippen molar-refractivity contribution in [2.24, 2.45) is 34.5 Å². The first-order chi connectivity index (χ1) is 14.0. The normalized spacial score (nSPS) is 44.0. The largest absolute Gasteiger partial charge is 0.381 e. The van der Waals surface area contributed by atoms with Gasteiger partial charge >= 0.3 is 0 Å². The Morgan fingerprint density at radius 2 is 1.72 bits per heavy atom.